The summed E-state index contributed by atoms with van der Waals surface area (Å²) in [6.45, 7) is 1.42. The quantitative estimate of drug-likeness (QED) is 0.879. The fourth-order valence-corrected chi connectivity index (χ4v) is 1.21. The Morgan fingerprint density at radius 1 is 1.33 bits per heavy atom. The van der Waals surface area contributed by atoms with E-state index >= 15 is 0 Å². The maximum Gasteiger partial charge on any atom is 0.325 e. The number of carbonyl (C=O) groups excluding carboxylic acids is 1. The average molecular weight is 272 g/mol. The highest BCUT2D eigenvalue weighted by Gasteiger charge is 2.14. The second-order valence-corrected chi connectivity index (χ2v) is 3.96. The predicted octanol–water partition coefficient (Wildman–Crippen LogP) is 1.65. The smallest absolute Gasteiger partial charge is 0.325 e. The van der Waals surface area contributed by atoms with E-state index in [2.05, 4.69) is 21.2 Å². The Kier molecular flexibility index (Phi) is 3.85. The van der Waals surface area contributed by atoms with Crippen LogP contribution >= 0.6 is 15.9 Å². The molecule has 0 spiro atoms. The molecule has 2 N–H and O–H groups in total. The molecule has 0 aliphatic heterocycles. The number of nitrogens with one attached hydrogen (secondary N) is 1. The van der Waals surface area contributed by atoms with Crippen molar-refractivity contribution in [3.63, 3.8) is 0 Å². The Balaban J connectivity index is 2.69. The van der Waals surface area contributed by atoms with Gasteiger partial charge in [0.25, 0.3) is 5.91 Å². The first-order valence-corrected chi connectivity index (χ1v) is 5.09. The van der Waals surface area contributed by atoms with Gasteiger partial charge in [-0.15, -0.1) is 0 Å². The van der Waals surface area contributed by atoms with Crippen LogP contribution < -0.4 is 5.32 Å². The van der Waals surface area contributed by atoms with Gasteiger partial charge in [-0.25, -0.2) is 0 Å². The van der Waals surface area contributed by atoms with Crippen molar-refractivity contribution in [3.8, 4) is 0 Å². The molecule has 5 heteroatoms. The Bertz CT molecular complexity index is 375. The lowest BCUT2D eigenvalue weighted by atomic mass is 10.2. The van der Waals surface area contributed by atoms with Gasteiger partial charge < -0.3 is 10.4 Å². The molecule has 1 amide bonds. The van der Waals surface area contributed by atoms with Crippen LogP contribution in [0.5, 0.6) is 0 Å². The molecule has 1 aromatic rings. The number of hydrogen-bond acceptors (Lipinski definition) is 2. The summed E-state index contributed by atoms with van der Waals surface area (Å²) in [6.07, 6.45) is 0. The summed E-state index contributed by atoms with van der Waals surface area (Å²) in [5.74, 6) is -1.45. The van der Waals surface area contributed by atoms with Crippen LogP contribution in [0.4, 0.5) is 0 Å². The van der Waals surface area contributed by atoms with Crippen molar-refractivity contribution in [1.82, 2.24) is 5.32 Å². The molecule has 0 fully saturated rings. The second-order valence-electron chi connectivity index (χ2n) is 3.04. The van der Waals surface area contributed by atoms with E-state index in [4.69, 9.17) is 5.11 Å². The summed E-state index contributed by atoms with van der Waals surface area (Å²) >= 11 is 3.24. The van der Waals surface area contributed by atoms with Gasteiger partial charge >= 0.3 is 5.97 Å². The van der Waals surface area contributed by atoms with Crippen molar-refractivity contribution in [2.45, 2.75) is 13.0 Å². The minimum absolute atomic E-state index is 0.391. The standard InChI is InChI=1S/C10H10BrNO3/c1-6(10(14)15)12-9(13)7-2-4-8(11)5-3-7/h2-6H,1H3,(H,12,13)(H,14,15). The van der Waals surface area contributed by atoms with Gasteiger partial charge in [-0.05, 0) is 31.2 Å². The van der Waals surface area contributed by atoms with Gasteiger partial charge in [0.2, 0.25) is 0 Å². The highest BCUT2D eigenvalue weighted by molar-refractivity contribution is 9.10. The third-order valence-corrected chi connectivity index (χ3v) is 2.35. The molecule has 0 aliphatic carbocycles. The Labute approximate surface area is 95.4 Å². The predicted molar refractivity (Wildman–Crippen MR) is 58.7 cm³/mol. The van der Waals surface area contributed by atoms with Crippen molar-refractivity contribution in [3.05, 3.63) is 34.3 Å². The summed E-state index contributed by atoms with van der Waals surface area (Å²) in [7, 11) is 0. The first kappa shape index (κ1) is 11.7. The molecule has 1 aromatic carbocycles. The molecule has 0 saturated heterocycles. The summed E-state index contributed by atoms with van der Waals surface area (Å²) < 4.78 is 0.866. The minimum atomic E-state index is -1.06. The topological polar surface area (TPSA) is 66.4 Å². The first-order valence-electron chi connectivity index (χ1n) is 4.30. The number of benzene rings is 1. The molecule has 4 nitrogen and oxygen atoms in total. The van der Waals surface area contributed by atoms with E-state index < -0.39 is 17.9 Å². The Hall–Kier alpha value is -1.36. The van der Waals surface area contributed by atoms with Crippen LogP contribution in [-0.4, -0.2) is 23.0 Å². The van der Waals surface area contributed by atoms with Crippen LogP contribution in [0, 0.1) is 0 Å². The Morgan fingerprint density at radius 3 is 2.33 bits per heavy atom. The number of carbonyl (C=O) groups is 2. The van der Waals surface area contributed by atoms with Crippen LogP contribution in [0.25, 0.3) is 0 Å². The number of aliphatic carboxylic acids is 1. The first-order chi connectivity index (χ1) is 7.00. The van der Waals surface area contributed by atoms with Crippen LogP contribution in [0.2, 0.25) is 0 Å². The van der Waals surface area contributed by atoms with Crippen molar-refractivity contribution >= 4 is 27.8 Å². The largest absolute Gasteiger partial charge is 0.480 e. The molecule has 0 heterocycles. The number of hydrogen-bond donors (Lipinski definition) is 2. The molecule has 1 rings (SSSR count). The van der Waals surface area contributed by atoms with Crippen molar-refractivity contribution < 1.29 is 14.7 Å². The van der Waals surface area contributed by atoms with Crippen LogP contribution in [-0.2, 0) is 4.79 Å². The lowest BCUT2D eigenvalue weighted by molar-refractivity contribution is -0.138. The monoisotopic (exact) mass is 271 g/mol. The normalized spacial score (nSPS) is 11.9. The van der Waals surface area contributed by atoms with E-state index in [0.29, 0.717) is 5.56 Å². The summed E-state index contributed by atoms with van der Waals surface area (Å²) in [5, 5.41) is 11.0. The van der Waals surface area contributed by atoms with E-state index in [1.54, 1.807) is 24.3 Å². The van der Waals surface area contributed by atoms with Gasteiger partial charge in [-0.3, -0.25) is 9.59 Å². The van der Waals surface area contributed by atoms with E-state index in [0.717, 1.165) is 4.47 Å². The molecule has 80 valence electrons. The molecule has 1 atom stereocenters. The maximum absolute atomic E-state index is 11.5. The van der Waals surface area contributed by atoms with E-state index in [1.165, 1.54) is 6.92 Å². The third-order valence-electron chi connectivity index (χ3n) is 1.82. The second kappa shape index (κ2) is 4.93. The molecule has 0 radical (unpaired) electrons. The third kappa shape index (κ3) is 3.36. The number of halogens is 1. The van der Waals surface area contributed by atoms with Crippen LogP contribution in [0.15, 0.2) is 28.7 Å². The van der Waals surface area contributed by atoms with Crippen LogP contribution in [0.1, 0.15) is 17.3 Å². The minimum Gasteiger partial charge on any atom is -0.480 e. The fraction of sp³-hybridized carbons (Fsp3) is 0.200. The van der Waals surface area contributed by atoms with Crippen molar-refractivity contribution in [1.29, 1.82) is 0 Å². The average Bonchev–Trinajstić information content (AvgIpc) is 2.18. The molecule has 15 heavy (non-hydrogen) atoms. The van der Waals surface area contributed by atoms with Gasteiger partial charge in [-0.1, -0.05) is 15.9 Å². The lowest BCUT2D eigenvalue weighted by Crippen LogP contribution is -2.38. The maximum atomic E-state index is 11.5. The SMILES string of the molecule is CC(NC(=O)c1ccc(Br)cc1)C(=O)O. The van der Waals surface area contributed by atoms with Gasteiger partial charge in [0.05, 0.1) is 0 Å². The van der Waals surface area contributed by atoms with Crippen LogP contribution in [0.3, 0.4) is 0 Å². The zero-order valence-corrected chi connectivity index (χ0v) is 9.61. The van der Waals surface area contributed by atoms with E-state index in [9.17, 15) is 9.59 Å². The van der Waals surface area contributed by atoms with Gasteiger partial charge in [-0.2, -0.15) is 0 Å². The van der Waals surface area contributed by atoms with E-state index in [1.807, 2.05) is 0 Å². The molecular formula is C10H10BrNO3. The summed E-state index contributed by atoms with van der Waals surface area (Å²) in [4.78, 5) is 22.0. The van der Waals surface area contributed by atoms with Crippen molar-refractivity contribution in [2.24, 2.45) is 0 Å². The molecule has 0 bridgehead atoms. The zero-order valence-electron chi connectivity index (χ0n) is 8.03. The number of rotatable bonds is 3. The van der Waals surface area contributed by atoms with E-state index in [-0.39, 0.29) is 0 Å². The number of amides is 1. The highest BCUT2D eigenvalue weighted by Crippen LogP contribution is 2.10. The lowest BCUT2D eigenvalue weighted by Gasteiger charge is -2.08. The zero-order chi connectivity index (χ0) is 11.4. The van der Waals surface area contributed by atoms with Crippen molar-refractivity contribution in [2.75, 3.05) is 0 Å². The molecule has 0 aliphatic rings. The molecule has 0 saturated carbocycles. The fourth-order valence-electron chi connectivity index (χ4n) is 0.943. The summed E-state index contributed by atoms with van der Waals surface area (Å²) in [5.41, 5.74) is 0.436. The molecule has 0 aromatic heterocycles. The number of carboxylic acids is 1. The summed E-state index contributed by atoms with van der Waals surface area (Å²) in [6, 6.07) is 5.80. The highest BCUT2D eigenvalue weighted by atomic mass is 79.9. The Morgan fingerprint density at radius 2 is 1.87 bits per heavy atom. The van der Waals surface area contributed by atoms with Gasteiger partial charge in [0.15, 0.2) is 0 Å². The van der Waals surface area contributed by atoms with Gasteiger partial charge in [0.1, 0.15) is 6.04 Å². The molecule has 1 unspecified atom stereocenters. The number of carboxylic acid groups (broad SMARTS) is 1. The molecular weight excluding hydrogens is 262 g/mol. The van der Waals surface area contributed by atoms with Gasteiger partial charge in [0, 0.05) is 10.0 Å².